The normalized spacial score (nSPS) is 10.0. The van der Waals surface area contributed by atoms with Gasteiger partial charge in [0.05, 0.1) is 7.11 Å². The van der Waals surface area contributed by atoms with Crippen LogP contribution in [0.5, 0.6) is 0 Å². The number of nitrogens with one attached hydrogen (secondary N) is 1. The number of hydrogen-bond donors (Lipinski definition) is 1. The lowest BCUT2D eigenvalue weighted by Crippen LogP contribution is -2.10. The molecule has 0 aromatic carbocycles. The van der Waals surface area contributed by atoms with Crippen LogP contribution >= 0.6 is 11.8 Å². The van der Waals surface area contributed by atoms with E-state index in [1.807, 2.05) is 11.8 Å². The molecular formula is C11H17N3O2S. The Kier molecular flexibility index (Phi) is 6.39. The van der Waals surface area contributed by atoms with E-state index in [-0.39, 0.29) is 5.82 Å². The number of unbranched alkanes of at least 4 members (excludes halogenated alkanes) is 1. The fourth-order valence-corrected chi connectivity index (χ4v) is 1.73. The van der Waals surface area contributed by atoms with Crippen molar-refractivity contribution in [2.24, 2.45) is 0 Å². The van der Waals surface area contributed by atoms with Gasteiger partial charge in [0, 0.05) is 12.7 Å². The number of esters is 1. The molecule has 0 unspecified atom stereocenters. The minimum absolute atomic E-state index is 0.0848. The highest BCUT2D eigenvalue weighted by molar-refractivity contribution is 7.98. The van der Waals surface area contributed by atoms with Crippen LogP contribution in [0.1, 0.15) is 23.5 Å². The number of ether oxygens (including phenoxy) is 1. The number of aromatic nitrogens is 2. The first-order valence-corrected chi connectivity index (χ1v) is 6.81. The molecule has 0 atom stereocenters. The topological polar surface area (TPSA) is 64.1 Å². The van der Waals surface area contributed by atoms with Crippen LogP contribution < -0.4 is 5.32 Å². The molecule has 0 saturated heterocycles. The van der Waals surface area contributed by atoms with Crippen LogP contribution in [0.3, 0.4) is 0 Å². The Morgan fingerprint density at radius 2 is 2.35 bits per heavy atom. The smallest absolute Gasteiger partial charge is 0.376 e. The Labute approximate surface area is 105 Å². The molecule has 0 aliphatic heterocycles. The third-order valence-corrected chi connectivity index (χ3v) is 2.80. The summed E-state index contributed by atoms with van der Waals surface area (Å²) in [6.07, 6.45) is 5.89. The molecule has 0 spiro atoms. The molecular weight excluding hydrogens is 238 g/mol. The fraction of sp³-hybridized carbons (Fsp3) is 0.545. The first-order chi connectivity index (χ1) is 8.27. The number of hydrogen-bond acceptors (Lipinski definition) is 6. The summed E-state index contributed by atoms with van der Waals surface area (Å²) >= 11 is 1.84. The summed E-state index contributed by atoms with van der Waals surface area (Å²) in [6.45, 7) is 0.845. The summed E-state index contributed by atoms with van der Waals surface area (Å²) < 4.78 is 4.55. The molecule has 0 amide bonds. The third kappa shape index (κ3) is 5.04. The fourth-order valence-electron chi connectivity index (χ4n) is 1.23. The molecule has 1 N–H and O–H groups in total. The Morgan fingerprint density at radius 3 is 3.06 bits per heavy atom. The van der Waals surface area contributed by atoms with Crippen LogP contribution in [-0.4, -0.2) is 41.6 Å². The van der Waals surface area contributed by atoms with Crippen molar-refractivity contribution in [2.75, 3.05) is 31.0 Å². The van der Waals surface area contributed by atoms with E-state index < -0.39 is 5.97 Å². The van der Waals surface area contributed by atoms with Gasteiger partial charge in [-0.3, -0.25) is 0 Å². The molecule has 1 aromatic heterocycles. The first-order valence-electron chi connectivity index (χ1n) is 5.42. The Balaban J connectivity index is 2.40. The van der Waals surface area contributed by atoms with Crippen LogP contribution in [0.4, 0.5) is 5.82 Å². The van der Waals surface area contributed by atoms with Gasteiger partial charge in [-0.1, -0.05) is 0 Å². The first kappa shape index (κ1) is 13.8. The standard InChI is InChI=1S/C11H17N3O2S/c1-16-11(15)10-13-7-5-9(14-10)12-6-3-4-8-17-2/h5,7H,3-4,6,8H2,1-2H3,(H,12,13,14). The molecule has 6 heteroatoms. The van der Waals surface area contributed by atoms with Crippen LogP contribution in [0, 0.1) is 0 Å². The van der Waals surface area contributed by atoms with Gasteiger partial charge in [0.2, 0.25) is 5.82 Å². The van der Waals surface area contributed by atoms with Crippen molar-refractivity contribution in [3.05, 3.63) is 18.1 Å². The zero-order valence-electron chi connectivity index (χ0n) is 10.1. The minimum Gasteiger partial charge on any atom is -0.463 e. The van der Waals surface area contributed by atoms with Crippen molar-refractivity contribution in [1.82, 2.24) is 9.97 Å². The highest BCUT2D eigenvalue weighted by atomic mass is 32.2. The molecule has 0 aliphatic carbocycles. The number of thioether (sulfide) groups is 1. The maximum Gasteiger partial charge on any atom is 0.376 e. The van der Waals surface area contributed by atoms with E-state index in [2.05, 4.69) is 26.3 Å². The van der Waals surface area contributed by atoms with E-state index in [4.69, 9.17) is 0 Å². The number of rotatable bonds is 7. The summed E-state index contributed by atoms with van der Waals surface area (Å²) in [5.74, 6) is 1.39. The van der Waals surface area contributed by atoms with Gasteiger partial charge in [-0.05, 0) is 30.9 Å². The summed E-state index contributed by atoms with van der Waals surface area (Å²) in [6, 6.07) is 1.74. The maximum atomic E-state index is 11.2. The lowest BCUT2D eigenvalue weighted by molar-refractivity contribution is 0.0587. The monoisotopic (exact) mass is 255 g/mol. The summed E-state index contributed by atoms with van der Waals surface area (Å²) in [5.41, 5.74) is 0. The Morgan fingerprint density at radius 1 is 1.53 bits per heavy atom. The zero-order valence-corrected chi connectivity index (χ0v) is 10.9. The van der Waals surface area contributed by atoms with Crippen molar-refractivity contribution in [2.45, 2.75) is 12.8 Å². The number of nitrogens with zero attached hydrogens (tertiary/aromatic N) is 2. The van der Waals surface area contributed by atoms with E-state index in [1.165, 1.54) is 19.3 Å². The lowest BCUT2D eigenvalue weighted by Gasteiger charge is -2.05. The van der Waals surface area contributed by atoms with Gasteiger partial charge in [-0.15, -0.1) is 0 Å². The predicted molar refractivity (Wildman–Crippen MR) is 69.5 cm³/mol. The van der Waals surface area contributed by atoms with E-state index in [0.29, 0.717) is 5.82 Å². The minimum atomic E-state index is -0.518. The Hall–Kier alpha value is -1.30. The highest BCUT2D eigenvalue weighted by Crippen LogP contribution is 2.04. The van der Waals surface area contributed by atoms with E-state index in [0.717, 1.165) is 13.0 Å². The average molecular weight is 255 g/mol. The largest absolute Gasteiger partial charge is 0.463 e. The number of carbonyl (C=O) groups is 1. The van der Waals surface area contributed by atoms with Crippen LogP contribution in [0.25, 0.3) is 0 Å². The molecule has 0 fully saturated rings. The lowest BCUT2D eigenvalue weighted by atomic mass is 10.3. The van der Waals surface area contributed by atoms with E-state index in [1.54, 1.807) is 12.3 Å². The quantitative estimate of drug-likeness (QED) is 0.592. The molecule has 0 bridgehead atoms. The van der Waals surface area contributed by atoms with Gasteiger partial charge in [-0.2, -0.15) is 11.8 Å². The van der Waals surface area contributed by atoms with E-state index in [9.17, 15) is 4.79 Å². The van der Waals surface area contributed by atoms with Crippen molar-refractivity contribution >= 4 is 23.5 Å². The molecule has 1 heterocycles. The van der Waals surface area contributed by atoms with Crippen LogP contribution in [0.15, 0.2) is 12.3 Å². The van der Waals surface area contributed by atoms with Gasteiger partial charge < -0.3 is 10.1 Å². The Bertz CT molecular complexity index is 360. The molecule has 0 radical (unpaired) electrons. The van der Waals surface area contributed by atoms with Gasteiger partial charge in [0.15, 0.2) is 0 Å². The second-order valence-electron chi connectivity index (χ2n) is 3.38. The van der Waals surface area contributed by atoms with Gasteiger partial charge in [-0.25, -0.2) is 14.8 Å². The molecule has 0 saturated carbocycles. The number of methoxy groups -OCH3 is 1. The second-order valence-corrected chi connectivity index (χ2v) is 4.37. The molecule has 1 rings (SSSR count). The molecule has 1 aromatic rings. The van der Waals surface area contributed by atoms with Gasteiger partial charge >= 0.3 is 5.97 Å². The maximum absolute atomic E-state index is 11.2. The SMILES string of the molecule is COC(=O)c1nccc(NCCCCSC)n1. The number of carbonyl (C=O) groups excluding carboxylic acids is 1. The second kappa shape index (κ2) is 7.89. The van der Waals surface area contributed by atoms with Crippen molar-refractivity contribution in [3.63, 3.8) is 0 Å². The van der Waals surface area contributed by atoms with Gasteiger partial charge in [0.1, 0.15) is 5.82 Å². The number of anilines is 1. The van der Waals surface area contributed by atoms with E-state index >= 15 is 0 Å². The summed E-state index contributed by atoms with van der Waals surface area (Å²) in [4.78, 5) is 19.1. The molecule has 17 heavy (non-hydrogen) atoms. The molecule has 0 aliphatic rings. The molecule has 5 nitrogen and oxygen atoms in total. The third-order valence-electron chi connectivity index (χ3n) is 2.10. The van der Waals surface area contributed by atoms with Crippen molar-refractivity contribution in [1.29, 1.82) is 0 Å². The predicted octanol–water partition coefficient (Wildman–Crippen LogP) is 1.82. The molecule has 94 valence electrons. The summed E-state index contributed by atoms with van der Waals surface area (Å²) in [5, 5.41) is 3.15. The summed E-state index contributed by atoms with van der Waals surface area (Å²) in [7, 11) is 1.31. The average Bonchev–Trinajstić information content (AvgIpc) is 2.38. The van der Waals surface area contributed by atoms with Crippen LogP contribution in [0.2, 0.25) is 0 Å². The van der Waals surface area contributed by atoms with Gasteiger partial charge in [0.25, 0.3) is 0 Å². The zero-order chi connectivity index (χ0) is 12.5. The van der Waals surface area contributed by atoms with Crippen LogP contribution in [-0.2, 0) is 4.74 Å². The van der Waals surface area contributed by atoms with Crippen molar-refractivity contribution < 1.29 is 9.53 Å². The highest BCUT2D eigenvalue weighted by Gasteiger charge is 2.08. The van der Waals surface area contributed by atoms with Crippen molar-refractivity contribution in [3.8, 4) is 0 Å².